The van der Waals surface area contributed by atoms with Crippen molar-refractivity contribution < 1.29 is 17.9 Å². The Morgan fingerprint density at radius 1 is 1.17 bits per heavy atom. The quantitative estimate of drug-likeness (QED) is 0.694. The maximum Gasteiger partial charge on any atom is 0.253 e. The highest BCUT2D eigenvalue weighted by Crippen LogP contribution is 2.21. The molecular formula is C21H33N3O4S. The molecule has 0 aromatic heterocycles. The molecule has 0 saturated carbocycles. The normalized spacial score (nSPS) is 21.5. The topological polar surface area (TPSA) is 70.2 Å². The molecule has 8 heteroatoms. The van der Waals surface area contributed by atoms with Gasteiger partial charge in [0, 0.05) is 50.9 Å². The Labute approximate surface area is 174 Å². The highest BCUT2D eigenvalue weighted by molar-refractivity contribution is 7.88. The largest absolute Gasteiger partial charge is 0.379 e. The third kappa shape index (κ3) is 5.78. The first-order chi connectivity index (χ1) is 13.8. The van der Waals surface area contributed by atoms with Crippen LogP contribution in [0.25, 0.3) is 0 Å². The number of sulfonamides is 1. The minimum atomic E-state index is -3.35. The SMILES string of the molecule is Cc1ccc(C(=O)N2CCCC(N(CCN3CCOCC3)S(C)(=O)=O)C2)cc1C. The molecule has 1 amide bonds. The average Bonchev–Trinajstić information content (AvgIpc) is 2.70. The maximum atomic E-state index is 13.0. The molecule has 0 spiro atoms. The van der Waals surface area contributed by atoms with Crippen LogP contribution in [-0.4, -0.2) is 93.2 Å². The van der Waals surface area contributed by atoms with Gasteiger partial charge in [-0.1, -0.05) is 6.07 Å². The molecule has 1 unspecified atom stereocenters. The van der Waals surface area contributed by atoms with E-state index in [0.29, 0.717) is 45.0 Å². The molecule has 0 bridgehead atoms. The Morgan fingerprint density at radius 3 is 2.55 bits per heavy atom. The molecule has 1 atom stereocenters. The number of piperidine rings is 1. The van der Waals surface area contributed by atoms with Gasteiger partial charge in [0.25, 0.3) is 5.91 Å². The molecule has 0 aliphatic carbocycles. The number of carbonyl (C=O) groups is 1. The number of aryl methyl sites for hydroxylation is 2. The van der Waals surface area contributed by atoms with Crippen molar-refractivity contribution in [2.45, 2.75) is 32.7 Å². The summed E-state index contributed by atoms with van der Waals surface area (Å²) in [6.45, 7) is 9.35. The molecule has 1 aromatic rings. The van der Waals surface area contributed by atoms with E-state index in [9.17, 15) is 13.2 Å². The summed E-state index contributed by atoms with van der Waals surface area (Å²) in [6.07, 6.45) is 2.87. The van der Waals surface area contributed by atoms with Crippen LogP contribution < -0.4 is 0 Å². The van der Waals surface area contributed by atoms with Crippen molar-refractivity contribution in [1.29, 1.82) is 0 Å². The fraction of sp³-hybridized carbons (Fsp3) is 0.667. The lowest BCUT2D eigenvalue weighted by Crippen LogP contribution is -2.53. The summed E-state index contributed by atoms with van der Waals surface area (Å²) in [5.41, 5.74) is 2.92. The van der Waals surface area contributed by atoms with Crippen LogP contribution in [-0.2, 0) is 14.8 Å². The van der Waals surface area contributed by atoms with E-state index < -0.39 is 10.0 Å². The predicted molar refractivity (Wildman–Crippen MR) is 114 cm³/mol. The van der Waals surface area contributed by atoms with Gasteiger partial charge in [-0.05, 0) is 49.9 Å². The molecule has 2 fully saturated rings. The second-order valence-electron chi connectivity index (χ2n) is 8.17. The molecule has 0 N–H and O–H groups in total. The standard InChI is InChI=1S/C21H33N3O4S/c1-17-6-7-19(15-18(17)2)21(25)23-8-4-5-20(16-23)24(29(3,26)27)10-9-22-11-13-28-14-12-22/h6-7,15,20H,4-5,8-14,16H2,1-3H3. The number of ether oxygens (including phenoxy) is 1. The van der Waals surface area contributed by atoms with Crippen LogP contribution in [0.2, 0.25) is 0 Å². The van der Waals surface area contributed by atoms with Crippen LogP contribution in [0.3, 0.4) is 0 Å². The molecule has 1 aromatic carbocycles. The van der Waals surface area contributed by atoms with Gasteiger partial charge in [0.2, 0.25) is 10.0 Å². The van der Waals surface area contributed by atoms with Gasteiger partial charge in [0.05, 0.1) is 19.5 Å². The van der Waals surface area contributed by atoms with Gasteiger partial charge in [0.15, 0.2) is 0 Å². The Kier molecular flexibility index (Phi) is 7.32. The van der Waals surface area contributed by atoms with Gasteiger partial charge in [-0.2, -0.15) is 4.31 Å². The van der Waals surface area contributed by atoms with E-state index in [2.05, 4.69) is 4.90 Å². The summed E-state index contributed by atoms with van der Waals surface area (Å²) in [6, 6.07) is 5.58. The molecule has 7 nitrogen and oxygen atoms in total. The number of carbonyl (C=O) groups excluding carboxylic acids is 1. The second kappa shape index (κ2) is 9.55. The van der Waals surface area contributed by atoms with E-state index in [4.69, 9.17) is 4.74 Å². The highest BCUT2D eigenvalue weighted by atomic mass is 32.2. The molecule has 0 radical (unpaired) electrons. The number of amides is 1. The summed E-state index contributed by atoms with van der Waals surface area (Å²) in [5.74, 6) is -0.0144. The van der Waals surface area contributed by atoms with Crippen LogP contribution in [0, 0.1) is 13.8 Å². The lowest BCUT2D eigenvalue weighted by molar-refractivity contribution is 0.0334. The molecule has 3 rings (SSSR count). The Hall–Kier alpha value is -1.48. The summed E-state index contributed by atoms with van der Waals surface area (Å²) >= 11 is 0. The highest BCUT2D eigenvalue weighted by Gasteiger charge is 2.33. The summed E-state index contributed by atoms with van der Waals surface area (Å²) in [7, 11) is -3.35. The minimum absolute atomic E-state index is 0.0144. The lowest BCUT2D eigenvalue weighted by Gasteiger charge is -2.39. The number of nitrogens with zero attached hydrogens (tertiary/aromatic N) is 3. The van der Waals surface area contributed by atoms with Crippen molar-refractivity contribution in [1.82, 2.24) is 14.1 Å². The first-order valence-corrected chi connectivity index (χ1v) is 12.2. The van der Waals surface area contributed by atoms with Crippen LogP contribution in [0.15, 0.2) is 18.2 Å². The van der Waals surface area contributed by atoms with Crippen molar-refractivity contribution in [2.24, 2.45) is 0 Å². The van der Waals surface area contributed by atoms with Crippen LogP contribution in [0.4, 0.5) is 0 Å². The zero-order chi connectivity index (χ0) is 21.0. The van der Waals surface area contributed by atoms with E-state index in [1.54, 1.807) is 4.31 Å². The van der Waals surface area contributed by atoms with Gasteiger partial charge in [-0.3, -0.25) is 9.69 Å². The fourth-order valence-corrected chi connectivity index (χ4v) is 5.24. The number of benzene rings is 1. The van der Waals surface area contributed by atoms with E-state index >= 15 is 0 Å². The molecule has 2 saturated heterocycles. The zero-order valence-electron chi connectivity index (χ0n) is 17.8. The molecule has 162 valence electrons. The van der Waals surface area contributed by atoms with Crippen molar-refractivity contribution in [3.05, 3.63) is 34.9 Å². The Morgan fingerprint density at radius 2 is 1.90 bits per heavy atom. The molecule has 29 heavy (non-hydrogen) atoms. The van der Waals surface area contributed by atoms with Crippen molar-refractivity contribution in [2.75, 3.05) is 58.7 Å². The average molecular weight is 424 g/mol. The van der Waals surface area contributed by atoms with Crippen LogP contribution in [0.1, 0.15) is 34.3 Å². The second-order valence-corrected chi connectivity index (χ2v) is 10.1. The van der Waals surface area contributed by atoms with Crippen LogP contribution >= 0.6 is 0 Å². The molecule has 2 heterocycles. The van der Waals surface area contributed by atoms with E-state index in [1.165, 1.54) is 6.26 Å². The number of rotatable bonds is 6. The number of morpholine rings is 1. The van der Waals surface area contributed by atoms with Gasteiger partial charge < -0.3 is 9.64 Å². The van der Waals surface area contributed by atoms with E-state index in [-0.39, 0.29) is 11.9 Å². The van der Waals surface area contributed by atoms with Crippen molar-refractivity contribution in [3.63, 3.8) is 0 Å². The van der Waals surface area contributed by atoms with Crippen LogP contribution in [0.5, 0.6) is 0 Å². The predicted octanol–water partition coefficient (Wildman–Crippen LogP) is 1.50. The molecule has 2 aliphatic rings. The Bertz CT molecular complexity index is 821. The first kappa shape index (κ1) is 22.2. The lowest BCUT2D eigenvalue weighted by atomic mass is 10.0. The third-order valence-electron chi connectivity index (χ3n) is 6.01. The van der Waals surface area contributed by atoms with Gasteiger partial charge >= 0.3 is 0 Å². The summed E-state index contributed by atoms with van der Waals surface area (Å²) in [5, 5.41) is 0. The summed E-state index contributed by atoms with van der Waals surface area (Å²) < 4.78 is 32.0. The maximum absolute atomic E-state index is 13.0. The van der Waals surface area contributed by atoms with Gasteiger partial charge in [-0.15, -0.1) is 0 Å². The number of likely N-dealkylation sites (tertiary alicyclic amines) is 1. The molecular weight excluding hydrogens is 390 g/mol. The first-order valence-electron chi connectivity index (χ1n) is 10.4. The zero-order valence-corrected chi connectivity index (χ0v) is 18.6. The summed E-state index contributed by atoms with van der Waals surface area (Å²) in [4.78, 5) is 17.1. The number of hydrogen-bond acceptors (Lipinski definition) is 5. The van der Waals surface area contributed by atoms with E-state index in [1.807, 2.05) is 36.9 Å². The van der Waals surface area contributed by atoms with Gasteiger partial charge in [0.1, 0.15) is 0 Å². The van der Waals surface area contributed by atoms with Crippen molar-refractivity contribution >= 4 is 15.9 Å². The third-order valence-corrected chi connectivity index (χ3v) is 7.34. The monoisotopic (exact) mass is 423 g/mol. The van der Waals surface area contributed by atoms with Crippen molar-refractivity contribution in [3.8, 4) is 0 Å². The van der Waals surface area contributed by atoms with E-state index in [0.717, 1.165) is 37.1 Å². The minimum Gasteiger partial charge on any atom is -0.379 e. The fourth-order valence-electron chi connectivity index (χ4n) is 4.12. The van der Waals surface area contributed by atoms with Gasteiger partial charge in [-0.25, -0.2) is 8.42 Å². The molecule has 2 aliphatic heterocycles. The Balaban J connectivity index is 1.68. The smallest absolute Gasteiger partial charge is 0.253 e. The number of hydrogen-bond donors (Lipinski definition) is 0.